The van der Waals surface area contributed by atoms with E-state index in [2.05, 4.69) is 9.72 Å². The van der Waals surface area contributed by atoms with Gasteiger partial charge in [-0.25, -0.2) is 0 Å². The molecule has 0 bridgehead atoms. The number of rotatable bonds is 5. The molecule has 0 aliphatic rings. The second-order valence-corrected chi connectivity index (χ2v) is 4.63. The summed E-state index contributed by atoms with van der Waals surface area (Å²) in [6, 6.07) is 3.76. The maximum atomic E-state index is 12.2. The summed E-state index contributed by atoms with van der Waals surface area (Å²) in [7, 11) is 2.98. The maximum Gasteiger partial charge on any atom is 0.318 e. The Morgan fingerprint density at radius 1 is 1.44 bits per heavy atom. The number of carbonyl (C=O) groups excluding carboxylic acids is 2. The van der Waals surface area contributed by atoms with Crippen molar-refractivity contribution in [2.75, 3.05) is 14.2 Å². The second-order valence-electron chi connectivity index (χ2n) is 4.63. The molecule has 0 aliphatic heterocycles. The van der Waals surface area contributed by atoms with E-state index in [-0.39, 0.29) is 11.8 Å². The second kappa shape index (κ2) is 6.23. The van der Waals surface area contributed by atoms with E-state index in [1.807, 2.05) is 26.0 Å². The Morgan fingerprint density at radius 2 is 2.11 bits per heavy atom. The Labute approximate surface area is 107 Å². The summed E-state index contributed by atoms with van der Waals surface area (Å²) < 4.78 is 4.69. The zero-order valence-electron chi connectivity index (χ0n) is 11.3. The van der Waals surface area contributed by atoms with E-state index in [0.29, 0.717) is 6.54 Å². The zero-order valence-corrected chi connectivity index (χ0v) is 11.3. The molecule has 18 heavy (non-hydrogen) atoms. The fourth-order valence-electron chi connectivity index (χ4n) is 1.82. The van der Waals surface area contributed by atoms with Crippen molar-refractivity contribution in [2.24, 2.45) is 11.8 Å². The molecule has 100 valence electrons. The standard InChI is InChI=1S/C13H20N2O3/c1-9(2)11(13(17)18-4)12(16)15(3)8-10-6-5-7-14-10/h5-7,9,11,14H,8H2,1-4H3. The predicted octanol–water partition coefficient (Wildman–Crippen LogP) is 1.42. The lowest BCUT2D eigenvalue weighted by Crippen LogP contribution is -2.40. The van der Waals surface area contributed by atoms with Gasteiger partial charge < -0.3 is 14.6 Å². The highest BCUT2D eigenvalue weighted by atomic mass is 16.5. The van der Waals surface area contributed by atoms with E-state index in [1.165, 1.54) is 12.0 Å². The van der Waals surface area contributed by atoms with Crippen molar-refractivity contribution in [1.82, 2.24) is 9.88 Å². The van der Waals surface area contributed by atoms with Crippen LogP contribution in [0, 0.1) is 11.8 Å². The Balaban J connectivity index is 2.73. The van der Waals surface area contributed by atoms with Gasteiger partial charge in [-0.15, -0.1) is 0 Å². The molecular formula is C13H20N2O3. The lowest BCUT2D eigenvalue weighted by atomic mass is 9.94. The molecular weight excluding hydrogens is 232 g/mol. The van der Waals surface area contributed by atoms with Crippen molar-refractivity contribution in [3.8, 4) is 0 Å². The van der Waals surface area contributed by atoms with Gasteiger partial charge in [0.15, 0.2) is 0 Å². The van der Waals surface area contributed by atoms with Gasteiger partial charge >= 0.3 is 5.97 Å². The van der Waals surface area contributed by atoms with Crippen molar-refractivity contribution in [3.63, 3.8) is 0 Å². The number of esters is 1. The number of hydrogen-bond donors (Lipinski definition) is 1. The smallest absolute Gasteiger partial charge is 0.318 e. The normalized spacial score (nSPS) is 12.3. The number of ether oxygens (including phenoxy) is 1. The van der Waals surface area contributed by atoms with Crippen molar-refractivity contribution in [1.29, 1.82) is 0 Å². The molecule has 0 fully saturated rings. The van der Waals surface area contributed by atoms with Gasteiger partial charge in [-0.1, -0.05) is 13.8 Å². The molecule has 1 amide bonds. The van der Waals surface area contributed by atoms with Crippen LogP contribution in [0.25, 0.3) is 0 Å². The first-order valence-electron chi connectivity index (χ1n) is 5.92. The molecule has 5 nitrogen and oxygen atoms in total. The first-order chi connectivity index (χ1) is 8.47. The molecule has 0 aliphatic carbocycles. The molecule has 0 aromatic carbocycles. The average molecular weight is 252 g/mol. The number of methoxy groups -OCH3 is 1. The van der Waals surface area contributed by atoms with Gasteiger partial charge in [0.25, 0.3) is 0 Å². The topological polar surface area (TPSA) is 62.4 Å². The molecule has 1 rings (SSSR count). The average Bonchev–Trinajstić information content (AvgIpc) is 2.81. The molecule has 1 aromatic rings. The molecule has 0 radical (unpaired) electrons. The lowest BCUT2D eigenvalue weighted by molar-refractivity contribution is -0.155. The van der Waals surface area contributed by atoms with Gasteiger partial charge in [-0.3, -0.25) is 9.59 Å². The number of nitrogens with one attached hydrogen (secondary N) is 1. The molecule has 1 atom stereocenters. The van der Waals surface area contributed by atoms with Crippen molar-refractivity contribution < 1.29 is 14.3 Å². The molecule has 1 N–H and O–H groups in total. The summed E-state index contributed by atoms with van der Waals surface area (Å²) >= 11 is 0. The minimum Gasteiger partial charge on any atom is -0.468 e. The summed E-state index contributed by atoms with van der Waals surface area (Å²) in [6.45, 7) is 4.12. The van der Waals surface area contributed by atoms with Gasteiger partial charge in [0.2, 0.25) is 5.91 Å². The van der Waals surface area contributed by atoms with Crippen molar-refractivity contribution in [2.45, 2.75) is 20.4 Å². The van der Waals surface area contributed by atoms with Crippen molar-refractivity contribution >= 4 is 11.9 Å². The number of nitrogens with zero attached hydrogens (tertiary/aromatic N) is 1. The van der Waals surface area contributed by atoms with Crippen LogP contribution in [0.2, 0.25) is 0 Å². The maximum absolute atomic E-state index is 12.2. The van der Waals surface area contributed by atoms with Crippen LogP contribution in [-0.4, -0.2) is 35.9 Å². The number of carbonyl (C=O) groups is 2. The van der Waals surface area contributed by atoms with E-state index >= 15 is 0 Å². The van der Waals surface area contributed by atoms with E-state index in [4.69, 9.17) is 0 Å². The molecule has 1 unspecified atom stereocenters. The Bertz CT molecular complexity index is 398. The fraction of sp³-hybridized carbons (Fsp3) is 0.538. The Hall–Kier alpha value is -1.78. The number of aromatic amines is 1. The van der Waals surface area contributed by atoms with Crippen LogP contribution in [0.4, 0.5) is 0 Å². The summed E-state index contributed by atoms with van der Waals surface area (Å²) in [6.07, 6.45) is 1.80. The largest absolute Gasteiger partial charge is 0.468 e. The van der Waals surface area contributed by atoms with Crippen LogP contribution in [0.3, 0.4) is 0 Å². The summed E-state index contributed by atoms with van der Waals surface area (Å²) in [4.78, 5) is 28.4. The number of hydrogen-bond acceptors (Lipinski definition) is 3. The van der Waals surface area contributed by atoms with Crippen LogP contribution in [0.5, 0.6) is 0 Å². The van der Waals surface area contributed by atoms with Gasteiger partial charge in [0, 0.05) is 18.9 Å². The van der Waals surface area contributed by atoms with E-state index in [1.54, 1.807) is 13.2 Å². The molecule has 1 aromatic heterocycles. The SMILES string of the molecule is COC(=O)C(C(=O)N(C)Cc1ccc[nH]1)C(C)C. The third kappa shape index (κ3) is 3.35. The third-order valence-electron chi connectivity index (χ3n) is 2.83. The first kappa shape index (κ1) is 14.3. The fourth-order valence-corrected chi connectivity index (χ4v) is 1.82. The Morgan fingerprint density at radius 3 is 2.56 bits per heavy atom. The van der Waals surface area contributed by atoms with Crippen LogP contribution >= 0.6 is 0 Å². The molecule has 0 saturated heterocycles. The lowest BCUT2D eigenvalue weighted by Gasteiger charge is -2.24. The number of H-pyrrole nitrogens is 1. The molecule has 5 heteroatoms. The summed E-state index contributed by atoms with van der Waals surface area (Å²) in [5.74, 6) is -1.52. The molecule has 0 saturated carbocycles. The quantitative estimate of drug-likeness (QED) is 0.636. The number of amides is 1. The van der Waals surface area contributed by atoms with E-state index in [0.717, 1.165) is 5.69 Å². The third-order valence-corrected chi connectivity index (χ3v) is 2.83. The van der Waals surface area contributed by atoms with Gasteiger partial charge in [-0.2, -0.15) is 0 Å². The van der Waals surface area contributed by atoms with E-state index < -0.39 is 11.9 Å². The summed E-state index contributed by atoms with van der Waals surface area (Å²) in [5.41, 5.74) is 0.929. The highest BCUT2D eigenvalue weighted by molar-refractivity contribution is 5.97. The first-order valence-corrected chi connectivity index (χ1v) is 5.92. The molecule has 1 heterocycles. The van der Waals surface area contributed by atoms with Crippen LogP contribution in [0.1, 0.15) is 19.5 Å². The van der Waals surface area contributed by atoms with Gasteiger partial charge in [0.05, 0.1) is 13.7 Å². The van der Waals surface area contributed by atoms with E-state index in [9.17, 15) is 9.59 Å². The van der Waals surface area contributed by atoms with Crippen molar-refractivity contribution in [3.05, 3.63) is 24.0 Å². The van der Waals surface area contributed by atoms with Crippen LogP contribution < -0.4 is 0 Å². The highest BCUT2D eigenvalue weighted by Crippen LogP contribution is 2.16. The minimum atomic E-state index is -0.741. The summed E-state index contributed by atoms with van der Waals surface area (Å²) in [5, 5.41) is 0. The van der Waals surface area contributed by atoms with Gasteiger partial charge in [0.1, 0.15) is 5.92 Å². The monoisotopic (exact) mass is 252 g/mol. The zero-order chi connectivity index (χ0) is 13.7. The van der Waals surface area contributed by atoms with Crippen LogP contribution in [-0.2, 0) is 20.9 Å². The number of aromatic nitrogens is 1. The highest BCUT2D eigenvalue weighted by Gasteiger charge is 2.33. The van der Waals surface area contributed by atoms with Gasteiger partial charge in [-0.05, 0) is 18.1 Å². The van der Waals surface area contributed by atoms with Crippen LogP contribution in [0.15, 0.2) is 18.3 Å². The molecule has 0 spiro atoms. The Kier molecular flexibility index (Phi) is 4.95. The minimum absolute atomic E-state index is 0.0870. The predicted molar refractivity (Wildman–Crippen MR) is 67.6 cm³/mol.